The predicted molar refractivity (Wildman–Crippen MR) is 162 cm³/mol. The van der Waals surface area contributed by atoms with Gasteiger partial charge in [0.1, 0.15) is 5.75 Å². The van der Waals surface area contributed by atoms with E-state index in [0.717, 1.165) is 29.1 Å². The predicted octanol–water partition coefficient (Wildman–Crippen LogP) is 3.73. The lowest BCUT2D eigenvalue weighted by Crippen LogP contribution is -2.46. The normalized spacial score (nSPS) is 15.1. The maximum Gasteiger partial charge on any atom is 0.320 e. The molecule has 0 spiro atoms. The van der Waals surface area contributed by atoms with Crippen LogP contribution in [-0.4, -0.2) is 69.4 Å². The quantitative estimate of drug-likeness (QED) is 0.224. The molecule has 0 saturated carbocycles. The average Bonchev–Trinajstić information content (AvgIpc) is 3.44. The summed E-state index contributed by atoms with van der Waals surface area (Å²) in [6, 6.07) is 24.8. The van der Waals surface area contributed by atoms with Crippen LogP contribution in [0.3, 0.4) is 0 Å². The maximum atomic E-state index is 15.4. The summed E-state index contributed by atoms with van der Waals surface area (Å²) >= 11 is 0. The summed E-state index contributed by atoms with van der Waals surface area (Å²) in [5, 5.41) is 2.17. The molecule has 1 fully saturated rings. The topological polar surface area (TPSA) is 85.4 Å². The molecule has 218 valence electrons. The Morgan fingerprint density at radius 1 is 0.854 bits per heavy atom. The minimum Gasteiger partial charge on any atom is -0.495 e. The molecular weight excluding hydrogens is 539 g/mol. The highest BCUT2D eigenvalue weighted by Gasteiger charge is 2.38. The van der Waals surface area contributed by atoms with Gasteiger partial charge in [0.15, 0.2) is 7.14 Å². The zero-order valence-electron chi connectivity index (χ0n) is 24.0. The van der Waals surface area contributed by atoms with Crippen molar-refractivity contribution >= 4 is 40.7 Å². The van der Waals surface area contributed by atoms with Crippen LogP contribution in [0.5, 0.6) is 5.75 Å². The number of methoxy groups -OCH3 is 1. The van der Waals surface area contributed by atoms with Gasteiger partial charge in [-0.2, -0.15) is 0 Å². The van der Waals surface area contributed by atoms with Crippen molar-refractivity contribution in [3.05, 3.63) is 78.9 Å². The molecule has 1 saturated heterocycles. The van der Waals surface area contributed by atoms with Gasteiger partial charge in [0.05, 0.1) is 39.1 Å². The molecule has 0 radical (unpaired) electrons. The molecule has 1 heterocycles. The summed E-state index contributed by atoms with van der Waals surface area (Å²) in [6.45, 7) is 5.14. The molecule has 1 atom stereocenters. The molecular formula is C32H39N2O6P. The van der Waals surface area contributed by atoms with Gasteiger partial charge in [0.25, 0.3) is 0 Å². The van der Waals surface area contributed by atoms with Crippen LogP contribution >= 0.6 is 7.14 Å². The Labute approximate surface area is 242 Å². The second-order valence-electron chi connectivity index (χ2n) is 9.88. The molecule has 0 aliphatic carbocycles. The van der Waals surface area contributed by atoms with Crippen LogP contribution in [-0.2, 0) is 23.6 Å². The van der Waals surface area contributed by atoms with Crippen molar-refractivity contribution in [2.75, 3.05) is 51.4 Å². The average molecular weight is 579 g/mol. The summed E-state index contributed by atoms with van der Waals surface area (Å²) in [4.78, 5) is 28.9. The summed E-state index contributed by atoms with van der Waals surface area (Å²) in [5.74, 6) is -0.155. The van der Waals surface area contributed by atoms with E-state index in [2.05, 4.69) is 4.90 Å². The first-order valence-corrected chi connectivity index (χ1v) is 15.8. The molecule has 9 heteroatoms. The second-order valence-corrected chi connectivity index (χ2v) is 12.6. The number of esters is 2. The number of para-hydroxylation sites is 1. The molecule has 0 unspecified atom stereocenters. The van der Waals surface area contributed by atoms with Crippen LogP contribution in [0.1, 0.15) is 26.7 Å². The number of rotatable bonds is 13. The monoisotopic (exact) mass is 578 g/mol. The van der Waals surface area contributed by atoms with Crippen LogP contribution in [0.4, 0.5) is 5.69 Å². The molecule has 0 N–H and O–H groups in total. The van der Waals surface area contributed by atoms with E-state index in [9.17, 15) is 9.59 Å². The van der Waals surface area contributed by atoms with E-state index in [1.54, 1.807) is 25.9 Å². The summed E-state index contributed by atoms with van der Waals surface area (Å²) < 4.78 is 31.7. The first-order chi connectivity index (χ1) is 19.9. The fraction of sp³-hybridized carbons (Fsp3) is 0.375. The van der Waals surface area contributed by atoms with Crippen LogP contribution in [0.25, 0.3) is 0 Å². The number of carbonyl (C=O) groups is 2. The number of anilines is 1. The Hall–Kier alpha value is -3.61. The lowest BCUT2D eigenvalue weighted by molar-refractivity contribution is -0.148. The third-order valence-corrected chi connectivity index (χ3v) is 10.3. The van der Waals surface area contributed by atoms with Crippen molar-refractivity contribution in [1.29, 1.82) is 0 Å². The minimum atomic E-state index is -3.31. The second kappa shape index (κ2) is 14.3. The zero-order chi connectivity index (χ0) is 29.2. The van der Waals surface area contributed by atoms with Crippen molar-refractivity contribution in [2.24, 2.45) is 0 Å². The van der Waals surface area contributed by atoms with E-state index in [0.29, 0.717) is 24.1 Å². The third kappa shape index (κ3) is 7.00. The number of carbonyl (C=O) groups excluding carboxylic acids is 2. The molecule has 0 aromatic heterocycles. The molecule has 8 nitrogen and oxygen atoms in total. The van der Waals surface area contributed by atoms with Gasteiger partial charge in [-0.05, 0) is 38.8 Å². The Kier molecular flexibility index (Phi) is 10.6. The molecule has 1 aliphatic heterocycles. The van der Waals surface area contributed by atoms with E-state index < -0.39 is 19.1 Å². The lowest BCUT2D eigenvalue weighted by atomic mass is 10.1. The molecule has 1 aliphatic rings. The van der Waals surface area contributed by atoms with E-state index in [-0.39, 0.29) is 32.3 Å². The van der Waals surface area contributed by atoms with Gasteiger partial charge in [0.2, 0.25) is 0 Å². The van der Waals surface area contributed by atoms with Gasteiger partial charge in [-0.15, -0.1) is 0 Å². The third-order valence-electron chi connectivity index (χ3n) is 7.23. The molecule has 0 amide bonds. The highest BCUT2D eigenvalue weighted by Crippen LogP contribution is 2.48. The Bertz CT molecular complexity index is 1290. The summed E-state index contributed by atoms with van der Waals surface area (Å²) in [6.07, 6.45) is 1.73. The zero-order valence-corrected chi connectivity index (χ0v) is 24.9. The van der Waals surface area contributed by atoms with Gasteiger partial charge in [0, 0.05) is 35.0 Å². The number of nitrogens with zero attached hydrogens (tertiary/aromatic N) is 2. The Balaban J connectivity index is 1.78. The molecule has 0 bridgehead atoms. The van der Waals surface area contributed by atoms with E-state index >= 15 is 4.57 Å². The van der Waals surface area contributed by atoms with Gasteiger partial charge >= 0.3 is 11.9 Å². The first kappa shape index (κ1) is 30.4. The van der Waals surface area contributed by atoms with Gasteiger partial charge < -0.3 is 23.7 Å². The Morgan fingerprint density at radius 2 is 1.41 bits per heavy atom. The number of benzene rings is 3. The van der Waals surface area contributed by atoms with Gasteiger partial charge in [-0.25, -0.2) is 0 Å². The number of hydrogen-bond donors (Lipinski definition) is 0. The van der Waals surface area contributed by atoms with Crippen molar-refractivity contribution in [3.8, 4) is 5.75 Å². The molecule has 4 rings (SSSR count). The van der Waals surface area contributed by atoms with Crippen LogP contribution < -0.4 is 25.6 Å². The van der Waals surface area contributed by atoms with Crippen molar-refractivity contribution < 1.29 is 28.4 Å². The Morgan fingerprint density at radius 3 is 1.93 bits per heavy atom. The largest absolute Gasteiger partial charge is 0.495 e. The van der Waals surface area contributed by atoms with E-state index in [1.807, 2.05) is 78.9 Å². The van der Waals surface area contributed by atoms with Crippen LogP contribution in [0.15, 0.2) is 78.9 Å². The smallest absolute Gasteiger partial charge is 0.320 e. The van der Waals surface area contributed by atoms with E-state index in [4.69, 9.17) is 14.2 Å². The lowest BCUT2D eigenvalue weighted by Gasteiger charge is -2.35. The minimum absolute atomic E-state index is 0.0255. The van der Waals surface area contributed by atoms with Crippen LogP contribution in [0, 0.1) is 0 Å². The van der Waals surface area contributed by atoms with Gasteiger partial charge in [-0.1, -0.05) is 66.7 Å². The van der Waals surface area contributed by atoms with Crippen molar-refractivity contribution in [1.82, 2.24) is 4.90 Å². The fourth-order valence-corrected chi connectivity index (χ4v) is 8.37. The molecule has 41 heavy (non-hydrogen) atoms. The van der Waals surface area contributed by atoms with Crippen molar-refractivity contribution in [3.63, 3.8) is 0 Å². The SMILES string of the molecule is CCOC(=O)CN(CC(=O)OCC)C[C@@H]1CCCN1c1c(OC)cccc1P(=O)(c1ccccc1)c1ccccc1. The highest BCUT2D eigenvalue weighted by molar-refractivity contribution is 7.85. The first-order valence-electron chi connectivity index (χ1n) is 14.1. The molecule has 3 aromatic carbocycles. The van der Waals surface area contributed by atoms with Crippen molar-refractivity contribution in [2.45, 2.75) is 32.7 Å². The maximum absolute atomic E-state index is 15.4. The van der Waals surface area contributed by atoms with Crippen LogP contribution in [0.2, 0.25) is 0 Å². The summed E-state index contributed by atoms with van der Waals surface area (Å²) in [7, 11) is -1.69. The molecule has 3 aromatic rings. The van der Waals surface area contributed by atoms with E-state index in [1.165, 1.54) is 0 Å². The van der Waals surface area contributed by atoms with Gasteiger partial charge in [-0.3, -0.25) is 14.5 Å². The number of hydrogen-bond acceptors (Lipinski definition) is 8. The highest BCUT2D eigenvalue weighted by atomic mass is 31.2. The fourth-order valence-electron chi connectivity index (χ4n) is 5.50. The number of ether oxygens (including phenoxy) is 3. The standard InChI is InChI=1S/C32H39N2O6P/c1-4-39-30(35)23-33(24-31(36)40-5-2)22-25-14-13-21-34(25)32-28(38-3)19-12-20-29(32)41(37,26-15-8-6-9-16-26)27-17-10-7-11-18-27/h6-12,15-20,25H,4-5,13-14,21-24H2,1-3H3/t25-/m0/s1. The summed E-state index contributed by atoms with van der Waals surface area (Å²) in [5.41, 5.74) is 0.778.